The highest BCUT2D eigenvalue weighted by Gasteiger charge is 2.25. The van der Waals surface area contributed by atoms with E-state index in [4.69, 9.17) is 10.5 Å². The molecule has 2 aromatic carbocycles. The number of nitrogens with one attached hydrogen (secondary N) is 1. The predicted octanol–water partition coefficient (Wildman–Crippen LogP) is 2.20. The number of carbonyl (C=O) groups excluding carboxylic acids is 1. The molecule has 0 aliphatic carbocycles. The zero-order chi connectivity index (χ0) is 22.5. The smallest absolute Gasteiger partial charge is 0.294 e. The minimum absolute atomic E-state index is 0.0293. The van der Waals surface area contributed by atoms with Crippen molar-refractivity contribution in [1.29, 1.82) is 0 Å². The van der Waals surface area contributed by atoms with Gasteiger partial charge in [0, 0.05) is 5.56 Å². The first-order chi connectivity index (χ1) is 15.6. The van der Waals surface area contributed by atoms with Gasteiger partial charge in [-0.1, -0.05) is 29.5 Å². The Morgan fingerprint density at radius 3 is 2.81 bits per heavy atom. The van der Waals surface area contributed by atoms with Gasteiger partial charge in [-0.2, -0.15) is 9.78 Å². The molecule has 0 saturated heterocycles. The quantitative estimate of drug-likeness (QED) is 0.331. The van der Waals surface area contributed by atoms with Gasteiger partial charge in [0.2, 0.25) is 11.6 Å². The Kier molecular flexibility index (Phi) is 5.83. The van der Waals surface area contributed by atoms with E-state index in [1.807, 2.05) is 6.92 Å². The number of hydrazone groups is 1. The SMILES string of the molecule is CCOc1cccc(-c2c(C(=O)NN=Cc3ccc(F)cc3)nnn2-c2nonc2N)c1. The molecule has 1 amide bonds. The van der Waals surface area contributed by atoms with Crippen LogP contribution in [0.25, 0.3) is 17.1 Å². The molecule has 3 N–H and O–H groups in total. The van der Waals surface area contributed by atoms with Crippen molar-refractivity contribution in [2.24, 2.45) is 5.10 Å². The normalized spacial score (nSPS) is 11.1. The molecule has 0 radical (unpaired) electrons. The minimum Gasteiger partial charge on any atom is -0.494 e. The number of benzene rings is 2. The van der Waals surface area contributed by atoms with Crippen LogP contribution in [0.15, 0.2) is 58.3 Å². The average Bonchev–Trinajstić information content (AvgIpc) is 3.41. The van der Waals surface area contributed by atoms with Crippen molar-refractivity contribution < 1.29 is 18.6 Å². The summed E-state index contributed by atoms with van der Waals surface area (Å²) in [5, 5.41) is 19.2. The lowest BCUT2D eigenvalue weighted by molar-refractivity contribution is 0.0950. The highest BCUT2D eigenvalue weighted by Crippen LogP contribution is 2.29. The van der Waals surface area contributed by atoms with Gasteiger partial charge in [-0.3, -0.25) is 4.79 Å². The van der Waals surface area contributed by atoms with E-state index < -0.39 is 5.91 Å². The Balaban J connectivity index is 1.69. The highest BCUT2D eigenvalue weighted by molar-refractivity contribution is 5.98. The van der Waals surface area contributed by atoms with Crippen LogP contribution < -0.4 is 15.9 Å². The third-order valence-corrected chi connectivity index (χ3v) is 4.25. The molecule has 0 aliphatic rings. The third-order valence-electron chi connectivity index (χ3n) is 4.25. The van der Waals surface area contributed by atoms with Gasteiger partial charge >= 0.3 is 0 Å². The van der Waals surface area contributed by atoms with Crippen LogP contribution in [0.3, 0.4) is 0 Å². The summed E-state index contributed by atoms with van der Waals surface area (Å²) in [6.45, 7) is 2.32. The molecule has 0 unspecified atom stereocenters. The van der Waals surface area contributed by atoms with Crippen LogP contribution in [0, 0.1) is 5.82 Å². The van der Waals surface area contributed by atoms with E-state index in [-0.39, 0.29) is 28.8 Å². The molecule has 0 atom stereocenters. The number of nitrogens with zero attached hydrogens (tertiary/aromatic N) is 6. The molecule has 0 bridgehead atoms. The standard InChI is InChI=1S/C20H17FN8O3/c1-2-31-15-5-3-4-13(10-15)17-16(24-28-29(17)19-18(22)26-32-27-19)20(30)25-23-11-12-6-8-14(21)9-7-12/h3-11H,2H2,1H3,(H2,22,26)(H,25,30). The van der Waals surface area contributed by atoms with Crippen LogP contribution in [0.4, 0.5) is 10.2 Å². The van der Waals surface area contributed by atoms with Gasteiger partial charge in [-0.05, 0) is 47.1 Å². The van der Waals surface area contributed by atoms with Crippen LogP contribution in [0.5, 0.6) is 5.75 Å². The van der Waals surface area contributed by atoms with Crippen LogP contribution >= 0.6 is 0 Å². The third kappa shape index (κ3) is 4.28. The minimum atomic E-state index is -0.638. The molecule has 162 valence electrons. The lowest BCUT2D eigenvalue weighted by Crippen LogP contribution is -2.19. The molecule has 2 heterocycles. The Hall–Kier alpha value is -4.61. The molecule has 12 heteroatoms. The van der Waals surface area contributed by atoms with E-state index in [0.29, 0.717) is 23.5 Å². The number of anilines is 1. The van der Waals surface area contributed by atoms with E-state index in [1.54, 1.807) is 24.3 Å². The molecule has 2 aromatic heterocycles. The second-order valence-corrected chi connectivity index (χ2v) is 6.38. The number of nitrogens with two attached hydrogens (primary N) is 1. The topological polar surface area (TPSA) is 146 Å². The van der Waals surface area contributed by atoms with E-state index >= 15 is 0 Å². The number of hydrogen-bond donors (Lipinski definition) is 2. The molecule has 4 aromatic rings. The summed E-state index contributed by atoms with van der Waals surface area (Å²) < 4.78 is 24.5. The van der Waals surface area contributed by atoms with Crippen molar-refractivity contribution >= 4 is 17.9 Å². The van der Waals surface area contributed by atoms with E-state index in [0.717, 1.165) is 0 Å². The molecule has 0 fully saturated rings. The fraction of sp³-hybridized carbons (Fsp3) is 0.100. The summed E-state index contributed by atoms with van der Waals surface area (Å²) in [5.74, 6) is -0.379. The number of aromatic nitrogens is 5. The maximum atomic E-state index is 13.0. The van der Waals surface area contributed by atoms with Crippen molar-refractivity contribution in [3.63, 3.8) is 0 Å². The van der Waals surface area contributed by atoms with Gasteiger partial charge in [-0.25, -0.2) is 14.4 Å². The maximum Gasteiger partial charge on any atom is 0.294 e. The lowest BCUT2D eigenvalue weighted by Gasteiger charge is -2.08. The van der Waals surface area contributed by atoms with Crippen LogP contribution in [-0.2, 0) is 0 Å². The maximum absolute atomic E-state index is 13.0. The van der Waals surface area contributed by atoms with Gasteiger partial charge in [0.1, 0.15) is 17.3 Å². The molecular formula is C20H17FN8O3. The monoisotopic (exact) mass is 436 g/mol. The Morgan fingerprint density at radius 1 is 1.28 bits per heavy atom. The first-order valence-corrected chi connectivity index (χ1v) is 9.43. The van der Waals surface area contributed by atoms with Crippen LogP contribution in [-0.4, -0.2) is 44.0 Å². The van der Waals surface area contributed by atoms with Crippen LogP contribution in [0.1, 0.15) is 23.0 Å². The van der Waals surface area contributed by atoms with Gasteiger partial charge in [-0.15, -0.1) is 5.10 Å². The molecule has 0 aliphatic heterocycles. The number of rotatable bonds is 7. The summed E-state index contributed by atoms with van der Waals surface area (Å²) >= 11 is 0. The Bertz CT molecular complexity index is 1270. The number of amides is 1. The van der Waals surface area contributed by atoms with Crippen molar-refractivity contribution in [2.75, 3.05) is 12.3 Å². The van der Waals surface area contributed by atoms with Crippen molar-refractivity contribution in [1.82, 2.24) is 30.7 Å². The summed E-state index contributed by atoms with van der Waals surface area (Å²) in [6, 6.07) is 12.6. The number of halogens is 1. The summed E-state index contributed by atoms with van der Waals surface area (Å²) in [6.07, 6.45) is 1.37. The molecule has 4 rings (SSSR count). The second-order valence-electron chi connectivity index (χ2n) is 6.38. The number of hydrogen-bond acceptors (Lipinski definition) is 9. The van der Waals surface area contributed by atoms with Crippen LogP contribution in [0.2, 0.25) is 0 Å². The van der Waals surface area contributed by atoms with Gasteiger partial charge in [0.15, 0.2) is 5.69 Å². The molecular weight excluding hydrogens is 419 g/mol. The van der Waals surface area contributed by atoms with Crippen molar-refractivity contribution in [3.8, 4) is 22.8 Å². The summed E-state index contributed by atoms with van der Waals surface area (Å²) in [7, 11) is 0. The molecule has 0 spiro atoms. The van der Waals surface area contributed by atoms with E-state index in [9.17, 15) is 9.18 Å². The zero-order valence-electron chi connectivity index (χ0n) is 16.8. The Labute approximate surface area is 180 Å². The molecule has 0 saturated carbocycles. The number of nitrogen functional groups attached to an aromatic ring is 1. The van der Waals surface area contributed by atoms with E-state index in [2.05, 4.69) is 35.8 Å². The van der Waals surface area contributed by atoms with Gasteiger partial charge in [0.05, 0.1) is 12.8 Å². The molecule has 11 nitrogen and oxygen atoms in total. The predicted molar refractivity (Wildman–Crippen MR) is 112 cm³/mol. The molecule has 32 heavy (non-hydrogen) atoms. The summed E-state index contributed by atoms with van der Waals surface area (Å²) in [4.78, 5) is 12.8. The lowest BCUT2D eigenvalue weighted by atomic mass is 10.1. The first kappa shape index (κ1) is 20.7. The summed E-state index contributed by atoms with van der Waals surface area (Å²) in [5.41, 5.74) is 9.59. The number of ether oxygens (including phenoxy) is 1. The Morgan fingerprint density at radius 2 is 2.09 bits per heavy atom. The second kappa shape index (κ2) is 9.04. The zero-order valence-corrected chi connectivity index (χ0v) is 16.8. The van der Waals surface area contributed by atoms with Gasteiger partial charge in [0.25, 0.3) is 5.91 Å². The first-order valence-electron chi connectivity index (χ1n) is 9.43. The average molecular weight is 436 g/mol. The fourth-order valence-electron chi connectivity index (χ4n) is 2.85. The largest absolute Gasteiger partial charge is 0.494 e. The number of carbonyl (C=O) groups is 1. The van der Waals surface area contributed by atoms with E-state index in [1.165, 1.54) is 35.2 Å². The van der Waals surface area contributed by atoms with Crippen molar-refractivity contribution in [2.45, 2.75) is 6.92 Å². The highest BCUT2D eigenvalue weighted by atomic mass is 19.1. The fourth-order valence-corrected chi connectivity index (χ4v) is 2.85. The van der Waals surface area contributed by atoms with Crippen molar-refractivity contribution in [3.05, 3.63) is 65.6 Å². The van der Waals surface area contributed by atoms with Gasteiger partial charge < -0.3 is 10.5 Å².